The Kier molecular flexibility index (Phi) is 5.33. The zero-order chi connectivity index (χ0) is 19.7. The Morgan fingerprint density at radius 3 is 2.07 bits per heavy atom. The zero-order valence-electron chi connectivity index (χ0n) is 16.0. The van der Waals surface area contributed by atoms with E-state index in [1.54, 1.807) is 17.0 Å². The lowest BCUT2D eigenvalue weighted by Gasteiger charge is -2.36. The summed E-state index contributed by atoms with van der Waals surface area (Å²) in [6.07, 6.45) is 3.79. The summed E-state index contributed by atoms with van der Waals surface area (Å²) in [4.78, 5) is 42.8. The van der Waals surface area contributed by atoms with Crippen LogP contribution in [0, 0.1) is 17.7 Å². The molecule has 7 heteroatoms. The van der Waals surface area contributed by atoms with Crippen LogP contribution >= 0.6 is 0 Å². The zero-order valence-corrected chi connectivity index (χ0v) is 16.0. The first-order chi connectivity index (χ1) is 13.5. The van der Waals surface area contributed by atoms with Crippen molar-refractivity contribution in [3.05, 3.63) is 30.1 Å². The molecule has 28 heavy (non-hydrogen) atoms. The number of hydrogen-bond acceptors (Lipinski definition) is 4. The van der Waals surface area contributed by atoms with Crippen LogP contribution in [0.25, 0.3) is 0 Å². The van der Waals surface area contributed by atoms with E-state index >= 15 is 0 Å². The average molecular weight is 387 g/mol. The summed E-state index contributed by atoms with van der Waals surface area (Å²) in [7, 11) is 0. The highest BCUT2D eigenvalue weighted by Gasteiger charge is 2.47. The van der Waals surface area contributed by atoms with Gasteiger partial charge < -0.3 is 9.80 Å². The maximum absolute atomic E-state index is 13.1. The van der Waals surface area contributed by atoms with Gasteiger partial charge >= 0.3 is 0 Å². The molecule has 0 bridgehead atoms. The first-order valence-electron chi connectivity index (χ1n) is 10.2. The van der Waals surface area contributed by atoms with Crippen molar-refractivity contribution in [2.24, 2.45) is 11.8 Å². The smallest absolute Gasteiger partial charge is 0.233 e. The summed E-state index contributed by atoms with van der Waals surface area (Å²) < 4.78 is 13.1. The maximum Gasteiger partial charge on any atom is 0.233 e. The number of anilines is 1. The Labute approximate surface area is 164 Å². The van der Waals surface area contributed by atoms with Crippen molar-refractivity contribution >= 4 is 23.4 Å². The third-order valence-electron chi connectivity index (χ3n) is 6.31. The minimum atomic E-state index is -0.261. The molecule has 0 spiro atoms. The lowest BCUT2D eigenvalue weighted by Crippen LogP contribution is -2.49. The van der Waals surface area contributed by atoms with E-state index in [1.165, 1.54) is 17.0 Å². The molecule has 2 atom stereocenters. The molecule has 3 aliphatic rings. The second-order valence-corrected chi connectivity index (χ2v) is 7.92. The lowest BCUT2D eigenvalue weighted by atomic mass is 9.81. The van der Waals surface area contributed by atoms with Crippen molar-refractivity contribution < 1.29 is 18.8 Å². The van der Waals surface area contributed by atoms with E-state index in [0.29, 0.717) is 26.2 Å². The molecule has 4 rings (SSSR count). The second-order valence-electron chi connectivity index (χ2n) is 7.92. The van der Waals surface area contributed by atoms with E-state index in [4.69, 9.17) is 0 Å². The van der Waals surface area contributed by atoms with Crippen molar-refractivity contribution in [2.75, 3.05) is 37.6 Å². The van der Waals surface area contributed by atoms with Crippen molar-refractivity contribution in [3.8, 4) is 0 Å². The number of piperazine rings is 1. The molecular weight excluding hydrogens is 361 g/mol. The molecule has 2 heterocycles. The number of halogens is 1. The topological polar surface area (TPSA) is 60.9 Å². The van der Waals surface area contributed by atoms with Crippen LogP contribution in [0.15, 0.2) is 24.3 Å². The highest BCUT2D eigenvalue weighted by molar-refractivity contribution is 6.05. The number of amides is 3. The highest BCUT2D eigenvalue weighted by atomic mass is 19.1. The molecule has 1 aromatic carbocycles. The summed E-state index contributed by atoms with van der Waals surface area (Å²) in [5, 5.41) is 0. The number of benzene rings is 1. The van der Waals surface area contributed by atoms with Gasteiger partial charge in [0.1, 0.15) is 5.82 Å². The minimum absolute atomic E-state index is 0.0192. The summed E-state index contributed by atoms with van der Waals surface area (Å²) in [5.74, 6) is -0.754. The molecule has 2 aliphatic heterocycles. The fourth-order valence-electron chi connectivity index (χ4n) is 4.68. The van der Waals surface area contributed by atoms with Gasteiger partial charge in [-0.2, -0.15) is 0 Å². The summed E-state index contributed by atoms with van der Waals surface area (Å²) in [5.41, 5.74) is 0.948. The van der Waals surface area contributed by atoms with Gasteiger partial charge in [-0.05, 0) is 37.1 Å². The highest BCUT2D eigenvalue weighted by Crippen LogP contribution is 2.38. The van der Waals surface area contributed by atoms with Crippen LogP contribution in [-0.4, -0.2) is 60.2 Å². The van der Waals surface area contributed by atoms with Gasteiger partial charge in [-0.25, -0.2) is 4.39 Å². The van der Waals surface area contributed by atoms with E-state index in [0.717, 1.165) is 31.4 Å². The predicted molar refractivity (Wildman–Crippen MR) is 102 cm³/mol. The summed E-state index contributed by atoms with van der Waals surface area (Å²) in [6.45, 7) is 2.74. The van der Waals surface area contributed by atoms with E-state index in [9.17, 15) is 18.8 Å². The predicted octanol–water partition coefficient (Wildman–Crippen LogP) is 2.04. The first kappa shape index (κ1) is 18.9. The molecule has 0 aromatic heterocycles. The molecule has 6 nitrogen and oxygen atoms in total. The molecule has 0 radical (unpaired) electrons. The first-order valence-corrected chi connectivity index (χ1v) is 10.2. The fraction of sp³-hybridized carbons (Fsp3) is 0.571. The van der Waals surface area contributed by atoms with E-state index in [2.05, 4.69) is 4.90 Å². The SMILES string of the molecule is O=C(CCN1C(=O)C2CCCCC2C1=O)N1CCN(c2ccc(F)cc2)CC1. The molecule has 150 valence electrons. The molecule has 1 aliphatic carbocycles. The Bertz CT molecular complexity index is 735. The van der Waals surface area contributed by atoms with Crippen LogP contribution in [0.3, 0.4) is 0 Å². The van der Waals surface area contributed by atoms with Gasteiger partial charge in [-0.15, -0.1) is 0 Å². The summed E-state index contributed by atoms with van der Waals surface area (Å²) in [6, 6.07) is 6.37. The average Bonchev–Trinajstić information content (AvgIpc) is 2.97. The normalized spacial score (nSPS) is 25.2. The molecule has 2 saturated heterocycles. The van der Waals surface area contributed by atoms with Crippen LogP contribution in [0.1, 0.15) is 32.1 Å². The Balaban J connectivity index is 1.27. The number of carbonyl (C=O) groups is 3. The Morgan fingerprint density at radius 2 is 1.50 bits per heavy atom. The third-order valence-corrected chi connectivity index (χ3v) is 6.31. The van der Waals surface area contributed by atoms with Crippen LogP contribution < -0.4 is 4.90 Å². The van der Waals surface area contributed by atoms with Crippen LogP contribution in [0.5, 0.6) is 0 Å². The molecule has 3 amide bonds. The number of rotatable bonds is 4. The van der Waals surface area contributed by atoms with E-state index < -0.39 is 0 Å². The fourth-order valence-corrected chi connectivity index (χ4v) is 4.68. The van der Waals surface area contributed by atoms with E-state index in [1.807, 2.05) is 0 Å². The maximum atomic E-state index is 13.1. The van der Waals surface area contributed by atoms with E-state index in [-0.39, 0.29) is 48.3 Å². The second kappa shape index (κ2) is 7.89. The third kappa shape index (κ3) is 3.62. The van der Waals surface area contributed by atoms with Crippen molar-refractivity contribution in [1.82, 2.24) is 9.80 Å². The molecule has 2 unspecified atom stereocenters. The van der Waals surface area contributed by atoms with Gasteiger partial charge in [-0.1, -0.05) is 12.8 Å². The van der Waals surface area contributed by atoms with Crippen LogP contribution in [0.2, 0.25) is 0 Å². The number of nitrogens with zero attached hydrogens (tertiary/aromatic N) is 3. The van der Waals surface area contributed by atoms with Crippen molar-refractivity contribution in [1.29, 1.82) is 0 Å². The molecule has 0 N–H and O–H groups in total. The molecule has 1 aromatic rings. The van der Waals surface area contributed by atoms with Gasteiger partial charge in [-0.3, -0.25) is 19.3 Å². The standard InChI is InChI=1S/C21H26FN3O3/c22-15-5-7-16(8-6-15)23-11-13-24(14-12-23)19(26)9-10-25-20(27)17-3-1-2-4-18(17)21(25)28/h5-8,17-18H,1-4,9-14H2. The molecular formula is C21H26FN3O3. The van der Waals surface area contributed by atoms with Gasteiger partial charge in [0.2, 0.25) is 17.7 Å². The Morgan fingerprint density at radius 1 is 0.929 bits per heavy atom. The van der Waals surface area contributed by atoms with Gasteiger partial charge in [0.15, 0.2) is 0 Å². The Hall–Kier alpha value is -2.44. The minimum Gasteiger partial charge on any atom is -0.368 e. The number of fused-ring (bicyclic) bond motifs is 1. The van der Waals surface area contributed by atoms with Crippen molar-refractivity contribution in [2.45, 2.75) is 32.1 Å². The largest absolute Gasteiger partial charge is 0.368 e. The molecule has 1 saturated carbocycles. The van der Waals surface area contributed by atoms with Gasteiger partial charge in [0, 0.05) is 44.8 Å². The number of imide groups is 1. The monoisotopic (exact) mass is 387 g/mol. The lowest BCUT2D eigenvalue weighted by molar-refractivity contribution is -0.140. The molecule has 3 fully saturated rings. The van der Waals surface area contributed by atoms with Crippen LogP contribution in [-0.2, 0) is 14.4 Å². The number of carbonyl (C=O) groups excluding carboxylic acids is 3. The summed E-state index contributed by atoms with van der Waals surface area (Å²) >= 11 is 0. The van der Waals surface area contributed by atoms with Gasteiger partial charge in [0.05, 0.1) is 11.8 Å². The van der Waals surface area contributed by atoms with Crippen molar-refractivity contribution in [3.63, 3.8) is 0 Å². The number of likely N-dealkylation sites (tertiary alicyclic amines) is 1. The quantitative estimate of drug-likeness (QED) is 0.742. The number of hydrogen-bond donors (Lipinski definition) is 0. The van der Waals surface area contributed by atoms with Gasteiger partial charge in [0.25, 0.3) is 0 Å². The van der Waals surface area contributed by atoms with Crippen LogP contribution in [0.4, 0.5) is 10.1 Å².